The zero-order chi connectivity index (χ0) is 14.3. The molecule has 2 aliphatic heterocycles. The Bertz CT molecular complexity index is 396. The van der Waals surface area contributed by atoms with Gasteiger partial charge in [0.1, 0.15) is 0 Å². The lowest BCUT2D eigenvalue weighted by molar-refractivity contribution is -0.210. The number of hydrogen-bond acceptors (Lipinski definition) is 3. The van der Waals surface area contributed by atoms with Crippen molar-refractivity contribution in [3.63, 3.8) is 0 Å². The second-order valence-corrected chi connectivity index (χ2v) is 7.51. The first-order chi connectivity index (χ1) is 10.3. The molecule has 1 atom stereocenters. The largest absolute Gasteiger partial charge is 0.366 e. The molecule has 4 nitrogen and oxygen atoms in total. The third-order valence-electron chi connectivity index (χ3n) is 6.02. The van der Waals surface area contributed by atoms with E-state index in [9.17, 15) is 4.79 Å². The molecule has 0 aromatic rings. The summed E-state index contributed by atoms with van der Waals surface area (Å²) in [6.45, 7) is 2.93. The fourth-order valence-electron chi connectivity index (χ4n) is 4.65. The average molecular weight is 292 g/mol. The summed E-state index contributed by atoms with van der Waals surface area (Å²) in [4.78, 5) is 15.0. The molecule has 1 amide bonds. The van der Waals surface area contributed by atoms with Crippen molar-refractivity contribution < 1.29 is 9.53 Å². The van der Waals surface area contributed by atoms with Gasteiger partial charge in [-0.2, -0.15) is 0 Å². The molecule has 0 bridgehead atoms. The van der Waals surface area contributed by atoms with E-state index in [1.165, 1.54) is 32.1 Å². The summed E-state index contributed by atoms with van der Waals surface area (Å²) in [6.07, 6.45) is 10.9. The molecule has 4 heteroatoms. The molecule has 118 valence electrons. The van der Waals surface area contributed by atoms with Gasteiger partial charge in [-0.25, -0.2) is 0 Å². The van der Waals surface area contributed by atoms with Crippen LogP contribution in [0.15, 0.2) is 0 Å². The summed E-state index contributed by atoms with van der Waals surface area (Å²) in [5.41, 5.74) is 0.0617. The number of nitrogens with zero attached hydrogens (tertiary/aromatic N) is 1. The molecule has 4 fully saturated rings. The van der Waals surface area contributed by atoms with E-state index in [1.54, 1.807) is 0 Å². The molecule has 0 aromatic heterocycles. The molecule has 2 heterocycles. The Balaban J connectivity index is 1.49. The molecule has 4 aliphatic rings. The van der Waals surface area contributed by atoms with E-state index in [2.05, 4.69) is 10.2 Å². The van der Waals surface area contributed by atoms with Gasteiger partial charge in [0.05, 0.1) is 12.1 Å². The van der Waals surface area contributed by atoms with Gasteiger partial charge in [-0.15, -0.1) is 0 Å². The Labute approximate surface area is 127 Å². The molecular weight excluding hydrogens is 264 g/mol. The third kappa shape index (κ3) is 2.40. The number of likely N-dealkylation sites (tertiary alicyclic amines) is 1. The molecule has 0 aromatic carbocycles. The van der Waals surface area contributed by atoms with Crippen LogP contribution < -0.4 is 5.32 Å². The molecule has 2 aliphatic carbocycles. The summed E-state index contributed by atoms with van der Waals surface area (Å²) < 4.78 is 6.12. The number of rotatable bonds is 4. The van der Waals surface area contributed by atoms with Crippen LogP contribution in [0, 0.1) is 5.92 Å². The third-order valence-corrected chi connectivity index (χ3v) is 6.02. The standard InChI is InChI=1S/C17H28N2O2/c20-16-15(21-12-13-4-5-13)17(8-2-1-3-9-17)19(16)14-6-10-18-11-7-14/h13-15,18H,1-12H2. The molecule has 1 unspecified atom stereocenters. The minimum atomic E-state index is -0.117. The minimum Gasteiger partial charge on any atom is -0.366 e. The highest BCUT2D eigenvalue weighted by Crippen LogP contribution is 2.48. The number of ether oxygens (including phenoxy) is 1. The van der Waals surface area contributed by atoms with Crippen LogP contribution >= 0.6 is 0 Å². The summed E-state index contributed by atoms with van der Waals surface area (Å²) in [7, 11) is 0. The van der Waals surface area contributed by atoms with E-state index >= 15 is 0 Å². The number of hydrogen-bond donors (Lipinski definition) is 1. The van der Waals surface area contributed by atoms with Crippen molar-refractivity contribution in [3.05, 3.63) is 0 Å². The molecule has 1 spiro atoms. The summed E-state index contributed by atoms with van der Waals surface area (Å²) in [5, 5.41) is 3.41. The first-order valence-corrected chi connectivity index (χ1v) is 8.97. The average Bonchev–Trinajstić information content (AvgIpc) is 3.34. The van der Waals surface area contributed by atoms with Crippen molar-refractivity contribution >= 4 is 5.91 Å². The lowest BCUT2D eigenvalue weighted by atomic mass is 9.68. The lowest BCUT2D eigenvalue weighted by Gasteiger charge is -2.62. The number of nitrogens with one attached hydrogen (secondary N) is 1. The van der Waals surface area contributed by atoms with Gasteiger partial charge in [0.15, 0.2) is 6.10 Å². The lowest BCUT2D eigenvalue weighted by Crippen LogP contribution is -2.78. The summed E-state index contributed by atoms with van der Waals surface area (Å²) in [6, 6.07) is 0.456. The Morgan fingerprint density at radius 1 is 1.10 bits per heavy atom. The van der Waals surface area contributed by atoms with E-state index in [4.69, 9.17) is 4.74 Å². The normalized spacial score (nSPS) is 33.2. The second-order valence-electron chi connectivity index (χ2n) is 7.51. The van der Waals surface area contributed by atoms with Crippen LogP contribution in [0.2, 0.25) is 0 Å². The minimum absolute atomic E-state index is 0.0617. The predicted octanol–water partition coefficient (Wildman–Crippen LogP) is 2.08. The molecule has 1 N–H and O–H groups in total. The highest BCUT2D eigenvalue weighted by molar-refractivity contribution is 5.90. The number of β-lactam (4-membered cyclic amide) rings is 1. The van der Waals surface area contributed by atoms with Gasteiger partial charge in [-0.3, -0.25) is 4.79 Å². The summed E-state index contributed by atoms with van der Waals surface area (Å²) >= 11 is 0. The van der Waals surface area contributed by atoms with Gasteiger partial charge >= 0.3 is 0 Å². The fraction of sp³-hybridized carbons (Fsp3) is 0.941. The van der Waals surface area contributed by atoms with E-state index in [-0.39, 0.29) is 11.6 Å². The first-order valence-electron chi connectivity index (χ1n) is 8.97. The maximum absolute atomic E-state index is 12.7. The Hall–Kier alpha value is -0.610. The number of amides is 1. The van der Waals surface area contributed by atoms with Gasteiger partial charge in [-0.1, -0.05) is 19.3 Å². The van der Waals surface area contributed by atoms with E-state index in [0.29, 0.717) is 11.9 Å². The van der Waals surface area contributed by atoms with E-state index < -0.39 is 0 Å². The Kier molecular flexibility index (Phi) is 3.70. The Morgan fingerprint density at radius 2 is 1.81 bits per heavy atom. The van der Waals surface area contributed by atoms with Crippen molar-refractivity contribution in [3.8, 4) is 0 Å². The van der Waals surface area contributed by atoms with Crippen LogP contribution in [0.5, 0.6) is 0 Å². The van der Waals surface area contributed by atoms with Gasteiger partial charge in [0, 0.05) is 6.04 Å². The van der Waals surface area contributed by atoms with Crippen LogP contribution in [0.3, 0.4) is 0 Å². The van der Waals surface area contributed by atoms with Gasteiger partial charge in [-0.05, 0) is 57.5 Å². The number of carbonyl (C=O) groups excluding carboxylic acids is 1. The summed E-state index contributed by atoms with van der Waals surface area (Å²) in [5.74, 6) is 1.04. The molecule has 2 saturated heterocycles. The maximum atomic E-state index is 12.7. The highest BCUT2D eigenvalue weighted by atomic mass is 16.5. The second kappa shape index (κ2) is 5.54. The fourth-order valence-corrected chi connectivity index (χ4v) is 4.65. The van der Waals surface area contributed by atoms with Crippen molar-refractivity contribution in [2.45, 2.75) is 75.5 Å². The molecular formula is C17H28N2O2. The SMILES string of the molecule is O=C1C(OCC2CC2)C2(CCCCC2)N1C1CCNCC1. The topological polar surface area (TPSA) is 41.6 Å². The molecule has 21 heavy (non-hydrogen) atoms. The van der Waals surface area contributed by atoms with Gasteiger partial charge < -0.3 is 15.0 Å². The van der Waals surface area contributed by atoms with Crippen molar-refractivity contribution in [2.75, 3.05) is 19.7 Å². The maximum Gasteiger partial charge on any atom is 0.254 e. The van der Waals surface area contributed by atoms with Gasteiger partial charge in [0.2, 0.25) is 0 Å². The Morgan fingerprint density at radius 3 is 2.48 bits per heavy atom. The van der Waals surface area contributed by atoms with Crippen LogP contribution in [-0.4, -0.2) is 48.2 Å². The first kappa shape index (κ1) is 14.0. The quantitative estimate of drug-likeness (QED) is 0.807. The molecule has 0 radical (unpaired) electrons. The number of piperidine rings is 1. The zero-order valence-electron chi connectivity index (χ0n) is 13.0. The van der Waals surface area contributed by atoms with Crippen molar-refractivity contribution in [1.29, 1.82) is 0 Å². The van der Waals surface area contributed by atoms with Gasteiger partial charge in [0.25, 0.3) is 5.91 Å². The zero-order valence-corrected chi connectivity index (χ0v) is 13.0. The van der Waals surface area contributed by atoms with E-state index in [1.807, 2.05) is 0 Å². The molecule has 4 rings (SSSR count). The van der Waals surface area contributed by atoms with Crippen LogP contribution in [0.1, 0.15) is 57.8 Å². The van der Waals surface area contributed by atoms with Crippen molar-refractivity contribution in [1.82, 2.24) is 10.2 Å². The monoisotopic (exact) mass is 292 g/mol. The van der Waals surface area contributed by atoms with Crippen molar-refractivity contribution in [2.24, 2.45) is 5.92 Å². The number of carbonyl (C=O) groups is 1. The smallest absolute Gasteiger partial charge is 0.254 e. The molecule has 2 saturated carbocycles. The highest BCUT2D eigenvalue weighted by Gasteiger charge is 2.62. The predicted molar refractivity (Wildman–Crippen MR) is 81.0 cm³/mol. The van der Waals surface area contributed by atoms with E-state index in [0.717, 1.165) is 51.3 Å². The van der Waals surface area contributed by atoms with Crippen LogP contribution in [0.4, 0.5) is 0 Å². The van der Waals surface area contributed by atoms with Crippen LogP contribution in [-0.2, 0) is 9.53 Å². The van der Waals surface area contributed by atoms with Crippen LogP contribution in [0.25, 0.3) is 0 Å².